The summed E-state index contributed by atoms with van der Waals surface area (Å²) in [5, 5.41) is 9.48. The Hall–Kier alpha value is -2.64. The molecule has 8 heteroatoms. The molecule has 0 bridgehead atoms. The molecule has 1 heterocycles. The van der Waals surface area contributed by atoms with Gasteiger partial charge in [0.05, 0.1) is 16.9 Å². The molecule has 2 fully saturated rings. The summed E-state index contributed by atoms with van der Waals surface area (Å²) in [6.07, 6.45) is 7.09. The number of aliphatic carboxylic acids is 1. The van der Waals surface area contributed by atoms with Crippen LogP contribution in [0.4, 0.5) is 5.69 Å². The van der Waals surface area contributed by atoms with Gasteiger partial charge in [-0.15, -0.1) is 0 Å². The van der Waals surface area contributed by atoms with Gasteiger partial charge in [0.15, 0.2) is 18.1 Å². The maximum Gasteiger partial charge on any atom is 0.341 e. The Morgan fingerprint density at radius 1 is 1.16 bits per heavy atom. The van der Waals surface area contributed by atoms with Crippen molar-refractivity contribution in [3.63, 3.8) is 0 Å². The summed E-state index contributed by atoms with van der Waals surface area (Å²) in [7, 11) is 1.49. The van der Waals surface area contributed by atoms with Gasteiger partial charge in [-0.3, -0.25) is 9.69 Å². The minimum absolute atomic E-state index is 0.0237. The van der Waals surface area contributed by atoms with Crippen LogP contribution in [-0.2, 0) is 9.59 Å². The molecule has 1 amide bonds. The van der Waals surface area contributed by atoms with E-state index in [1.807, 2.05) is 35.2 Å². The fraction of sp³-hybridized carbons (Fsp3) is 0.333. The van der Waals surface area contributed by atoms with E-state index in [1.54, 1.807) is 30.0 Å². The number of nitrogens with zero attached hydrogens (tertiary/aromatic N) is 1. The van der Waals surface area contributed by atoms with Crippen molar-refractivity contribution in [3.05, 3.63) is 58.0 Å². The summed E-state index contributed by atoms with van der Waals surface area (Å²) in [6, 6.07) is 12.6. The molecule has 2 aliphatic rings. The Morgan fingerprint density at radius 2 is 1.88 bits per heavy atom. The van der Waals surface area contributed by atoms with E-state index in [9.17, 15) is 9.59 Å². The molecule has 1 aliphatic carbocycles. The summed E-state index contributed by atoms with van der Waals surface area (Å²) < 4.78 is 10.6. The fourth-order valence-electron chi connectivity index (χ4n) is 4.24. The number of thioether (sulfide) groups is 1. The number of amides is 1. The predicted molar refractivity (Wildman–Crippen MR) is 126 cm³/mol. The number of hydrogen-bond donors (Lipinski definition) is 1. The van der Waals surface area contributed by atoms with Crippen LogP contribution in [0.3, 0.4) is 0 Å². The number of hydrogen-bond acceptors (Lipinski definition) is 5. The fourth-order valence-corrected chi connectivity index (χ4v) is 5.92. The molecule has 32 heavy (non-hydrogen) atoms. The summed E-state index contributed by atoms with van der Waals surface area (Å²) in [5.74, 6) is -0.331. The van der Waals surface area contributed by atoms with Crippen LogP contribution in [0.5, 0.6) is 11.5 Å². The maximum absolute atomic E-state index is 13.6. The molecule has 1 aliphatic heterocycles. The highest BCUT2D eigenvalue weighted by Gasteiger charge is 2.50. The van der Waals surface area contributed by atoms with Gasteiger partial charge in [0, 0.05) is 10.7 Å². The van der Waals surface area contributed by atoms with Gasteiger partial charge in [-0.25, -0.2) is 4.79 Å². The zero-order valence-corrected chi connectivity index (χ0v) is 19.2. The lowest BCUT2D eigenvalue weighted by Gasteiger charge is -2.40. The van der Waals surface area contributed by atoms with E-state index in [4.69, 9.17) is 26.2 Å². The van der Waals surface area contributed by atoms with Crippen LogP contribution in [0.25, 0.3) is 6.08 Å². The number of carboxylic acids is 1. The van der Waals surface area contributed by atoms with E-state index < -0.39 is 12.6 Å². The number of halogens is 1. The molecule has 0 atom stereocenters. The highest BCUT2D eigenvalue weighted by atomic mass is 35.5. The Bertz CT molecular complexity index is 1050. The van der Waals surface area contributed by atoms with E-state index >= 15 is 0 Å². The molecule has 1 saturated heterocycles. The Kier molecular flexibility index (Phi) is 6.67. The van der Waals surface area contributed by atoms with Crippen molar-refractivity contribution in [1.29, 1.82) is 0 Å². The van der Waals surface area contributed by atoms with Gasteiger partial charge < -0.3 is 14.6 Å². The van der Waals surface area contributed by atoms with E-state index in [0.29, 0.717) is 21.4 Å². The van der Waals surface area contributed by atoms with E-state index in [1.165, 1.54) is 13.5 Å². The molecular formula is C24H24ClNO5S. The van der Waals surface area contributed by atoms with Crippen molar-refractivity contribution in [2.75, 3.05) is 18.6 Å². The van der Waals surface area contributed by atoms with E-state index in [2.05, 4.69) is 0 Å². The summed E-state index contributed by atoms with van der Waals surface area (Å²) in [5.41, 5.74) is 1.64. The first-order valence-electron chi connectivity index (χ1n) is 10.5. The third kappa shape index (κ3) is 4.59. The number of anilines is 1. The van der Waals surface area contributed by atoms with Crippen LogP contribution in [0.2, 0.25) is 5.02 Å². The predicted octanol–water partition coefficient (Wildman–Crippen LogP) is 5.59. The van der Waals surface area contributed by atoms with Crippen LogP contribution >= 0.6 is 23.4 Å². The van der Waals surface area contributed by atoms with Crippen LogP contribution in [0.1, 0.15) is 37.7 Å². The van der Waals surface area contributed by atoms with Crippen molar-refractivity contribution in [3.8, 4) is 11.5 Å². The highest BCUT2D eigenvalue weighted by molar-refractivity contribution is 8.06. The largest absolute Gasteiger partial charge is 0.493 e. The van der Waals surface area contributed by atoms with Gasteiger partial charge in [0.25, 0.3) is 5.91 Å². The molecule has 1 spiro atoms. The molecule has 4 rings (SSSR count). The van der Waals surface area contributed by atoms with Crippen molar-refractivity contribution < 1.29 is 24.2 Å². The quantitative estimate of drug-likeness (QED) is 0.551. The number of methoxy groups -OCH3 is 1. The SMILES string of the molecule is COc1cc(/C=C2\SC3(CCCCC3)N(c3ccc(Cl)cc3)C2=O)ccc1OCC(=O)O. The van der Waals surface area contributed by atoms with E-state index in [0.717, 1.165) is 36.9 Å². The third-order valence-corrected chi connectivity index (χ3v) is 7.41. The van der Waals surface area contributed by atoms with Gasteiger partial charge in [-0.05, 0) is 60.9 Å². The number of carboxylic acid groups (broad SMARTS) is 1. The average molecular weight is 474 g/mol. The minimum Gasteiger partial charge on any atom is -0.493 e. The Labute approximate surface area is 196 Å². The molecule has 1 saturated carbocycles. The zero-order chi connectivity index (χ0) is 22.7. The van der Waals surface area contributed by atoms with Gasteiger partial charge in [-0.1, -0.05) is 48.7 Å². The molecule has 2 aromatic carbocycles. The second kappa shape index (κ2) is 9.46. The lowest BCUT2D eigenvalue weighted by molar-refractivity contribution is -0.139. The van der Waals surface area contributed by atoms with Crippen LogP contribution in [-0.4, -0.2) is 35.6 Å². The van der Waals surface area contributed by atoms with E-state index in [-0.39, 0.29) is 10.8 Å². The number of benzene rings is 2. The monoisotopic (exact) mass is 473 g/mol. The Morgan fingerprint density at radius 3 is 2.53 bits per heavy atom. The first-order chi connectivity index (χ1) is 15.4. The average Bonchev–Trinajstić information content (AvgIpc) is 3.04. The molecule has 0 aromatic heterocycles. The van der Waals surface area contributed by atoms with Gasteiger partial charge in [-0.2, -0.15) is 0 Å². The van der Waals surface area contributed by atoms with Crippen molar-refractivity contribution in [1.82, 2.24) is 0 Å². The molecule has 1 N–H and O–H groups in total. The molecule has 0 radical (unpaired) electrons. The normalized spacial score (nSPS) is 18.9. The zero-order valence-electron chi connectivity index (χ0n) is 17.7. The number of carbonyl (C=O) groups excluding carboxylic acids is 1. The standard InChI is InChI=1S/C24H24ClNO5S/c1-30-20-13-16(5-10-19(20)31-15-22(27)28)14-21-23(29)26(18-8-6-17(25)7-9-18)24(32-21)11-3-2-4-12-24/h5-10,13-14H,2-4,11-12,15H2,1H3,(H,27,28)/b21-14-. The number of carbonyl (C=O) groups is 2. The first-order valence-corrected chi connectivity index (χ1v) is 11.6. The van der Waals surface area contributed by atoms with Crippen LogP contribution < -0.4 is 14.4 Å². The van der Waals surface area contributed by atoms with Gasteiger partial charge in [0.1, 0.15) is 0 Å². The smallest absolute Gasteiger partial charge is 0.341 e. The second-order valence-corrected chi connectivity index (χ2v) is 9.67. The number of ether oxygens (including phenoxy) is 2. The molecular weight excluding hydrogens is 450 g/mol. The lowest BCUT2D eigenvalue weighted by atomic mass is 9.93. The lowest BCUT2D eigenvalue weighted by Crippen LogP contribution is -2.45. The maximum atomic E-state index is 13.6. The minimum atomic E-state index is -1.06. The summed E-state index contributed by atoms with van der Waals surface area (Å²) in [6.45, 7) is -0.455. The summed E-state index contributed by atoms with van der Waals surface area (Å²) in [4.78, 5) is 26.7. The molecule has 6 nitrogen and oxygen atoms in total. The summed E-state index contributed by atoms with van der Waals surface area (Å²) >= 11 is 7.70. The topological polar surface area (TPSA) is 76.1 Å². The molecule has 168 valence electrons. The second-order valence-electron chi connectivity index (χ2n) is 7.83. The number of rotatable bonds is 6. The van der Waals surface area contributed by atoms with Crippen molar-refractivity contribution >= 4 is 47.0 Å². The highest BCUT2D eigenvalue weighted by Crippen LogP contribution is 2.54. The first kappa shape index (κ1) is 22.6. The third-order valence-electron chi connectivity index (χ3n) is 5.68. The van der Waals surface area contributed by atoms with Crippen LogP contribution in [0, 0.1) is 0 Å². The Balaban J connectivity index is 1.67. The van der Waals surface area contributed by atoms with Crippen LogP contribution in [0.15, 0.2) is 47.4 Å². The van der Waals surface area contributed by atoms with Crippen molar-refractivity contribution in [2.24, 2.45) is 0 Å². The van der Waals surface area contributed by atoms with Gasteiger partial charge in [0.2, 0.25) is 0 Å². The molecule has 0 unspecified atom stereocenters. The van der Waals surface area contributed by atoms with Gasteiger partial charge >= 0.3 is 5.97 Å². The van der Waals surface area contributed by atoms with Crippen molar-refractivity contribution in [2.45, 2.75) is 37.0 Å². The molecule has 2 aromatic rings.